The molecular weight excluding hydrogens is 510 g/mol. The Morgan fingerprint density at radius 2 is 1.97 bits per heavy atom. The Kier molecular flexibility index (Phi) is 6.58. The van der Waals surface area contributed by atoms with Gasteiger partial charge in [0.1, 0.15) is 15.6 Å². The Labute approximate surface area is 211 Å². The molecule has 1 atom stereocenters. The summed E-state index contributed by atoms with van der Waals surface area (Å²) in [5, 5.41) is 11.8. The highest BCUT2D eigenvalue weighted by Gasteiger charge is 2.32. The van der Waals surface area contributed by atoms with Crippen LogP contribution in [0.4, 0.5) is 0 Å². The molecule has 1 saturated heterocycles. The largest absolute Gasteiger partial charge is 0.350 e. The fourth-order valence-electron chi connectivity index (χ4n) is 4.26. The Balaban J connectivity index is 1.20. The van der Waals surface area contributed by atoms with Gasteiger partial charge >= 0.3 is 0 Å². The number of amides is 1. The molecule has 1 aromatic carbocycles. The highest BCUT2D eigenvalue weighted by Crippen LogP contribution is 2.31. The van der Waals surface area contributed by atoms with Crippen LogP contribution in [0.2, 0.25) is 5.02 Å². The fraction of sp³-hybridized carbons (Fsp3) is 0.304. The summed E-state index contributed by atoms with van der Waals surface area (Å²) in [7, 11) is -3.65. The standard InChI is InChI=1S/C23H22ClN5O4S2/c24-15-5-7-20-19(13-15)26-27-29(20)16-9-11-28(12-10-16)35(32,33)22-8-6-17(34-22)14-25-23(31)18-3-1-2-4-21(18)30/h1-8,13,16,18H,9-12,14H2,(H,25,31). The number of piperidine rings is 1. The molecule has 1 aliphatic carbocycles. The van der Waals surface area contributed by atoms with Gasteiger partial charge in [-0.3, -0.25) is 9.59 Å². The molecule has 182 valence electrons. The normalized spacial score (nSPS) is 19.5. The van der Waals surface area contributed by atoms with Gasteiger partial charge in [-0.25, -0.2) is 13.1 Å². The number of thiophene rings is 1. The molecule has 12 heteroatoms. The zero-order valence-electron chi connectivity index (χ0n) is 18.5. The molecule has 0 spiro atoms. The van der Waals surface area contributed by atoms with Gasteiger partial charge in [0.2, 0.25) is 5.91 Å². The maximum atomic E-state index is 13.2. The van der Waals surface area contributed by atoms with Crippen molar-refractivity contribution in [3.05, 3.63) is 64.5 Å². The molecule has 1 unspecified atom stereocenters. The van der Waals surface area contributed by atoms with Gasteiger partial charge in [0.05, 0.1) is 18.1 Å². The lowest BCUT2D eigenvalue weighted by molar-refractivity contribution is -0.130. The molecule has 1 fully saturated rings. The van der Waals surface area contributed by atoms with Crippen LogP contribution in [-0.2, 0) is 26.2 Å². The quantitative estimate of drug-likeness (QED) is 0.489. The smallest absolute Gasteiger partial charge is 0.252 e. The van der Waals surface area contributed by atoms with E-state index in [1.165, 1.54) is 10.4 Å². The number of carbonyl (C=O) groups is 2. The number of benzene rings is 1. The van der Waals surface area contributed by atoms with Gasteiger partial charge in [0.25, 0.3) is 10.0 Å². The van der Waals surface area contributed by atoms with E-state index in [1.54, 1.807) is 42.5 Å². The van der Waals surface area contributed by atoms with E-state index in [9.17, 15) is 18.0 Å². The van der Waals surface area contributed by atoms with Crippen molar-refractivity contribution in [3.8, 4) is 0 Å². The average molecular weight is 532 g/mol. The van der Waals surface area contributed by atoms with E-state index in [2.05, 4.69) is 15.6 Å². The van der Waals surface area contributed by atoms with E-state index >= 15 is 0 Å². The molecule has 35 heavy (non-hydrogen) atoms. The number of halogens is 1. The van der Waals surface area contributed by atoms with Crippen molar-refractivity contribution in [1.29, 1.82) is 0 Å². The Morgan fingerprint density at radius 1 is 1.17 bits per heavy atom. The Morgan fingerprint density at radius 3 is 2.74 bits per heavy atom. The fourth-order valence-corrected chi connectivity index (χ4v) is 7.34. The lowest BCUT2D eigenvalue weighted by atomic mass is 9.98. The molecular formula is C23H22ClN5O4S2. The third-order valence-corrected chi connectivity index (χ3v) is 9.82. The van der Waals surface area contributed by atoms with Crippen LogP contribution in [0.3, 0.4) is 0 Å². The average Bonchev–Trinajstić information content (AvgIpc) is 3.50. The second-order valence-corrected chi connectivity index (χ2v) is 12.1. The molecule has 2 aromatic heterocycles. The van der Waals surface area contributed by atoms with Crippen LogP contribution in [-0.4, -0.2) is 52.5 Å². The summed E-state index contributed by atoms with van der Waals surface area (Å²) in [4.78, 5) is 24.8. The van der Waals surface area contributed by atoms with E-state index in [0.717, 1.165) is 16.9 Å². The first-order valence-electron chi connectivity index (χ1n) is 11.1. The summed E-state index contributed by atoms with van der Waals surface area (Å²) in [6.07, 6.45) is 7.39. The number of carbonyl (C=O) groups excluding carboxylic acids is 2. The number of allylic oxidation sites excluding steroid dienone is 3. The van der Waals surface area contributed by atoms with Gasteiger partial charge in [0.15, 0.2) is 5.78 Å². The van der Waals surface area contributed by atoms with E-state index in [1.807, 2.05) is 10.7 Å². The van der Waals surface area contributed by atoms with Gasteiger partial charge in [-0.15, -0.1) is 16.4 Å². The second-order valence-electron chi connectivity index (χ2n) is 8.36. The minimum atomic E-state index is -3.65. The molecule has 1 amide bonds. The molecule has 5 rings (SSSR count). The molecule has 1 aliphatic heterocycles. The predicted molar refractivity (Wildman–Crippen MR) is 133 cm³/mol. The van der Waals surface area contributed by atoms with E-state index in [4.69, 9.17) is 11.6 Å². The summed E-state index contributed by atoms with van der Waals surface area (Å²) < 4.78 is 30.0. The van der Waals surface area contributed by atoms with Crippen LogP contribution in [0.15, 0.2) is 58.8 Å². The first kappa shape index (κ1) is 23.9. The summed E-state index contributed by atoms with van der Waals surface area (Å²) in [6.45, 7) is 0.900. The van der Waals surface area contributed by atoms with Crippen molar-refractivity contribution >= 4 is 55.7 Å². The minimum Gasteiger partial charge on any atom is -0.350 e. The predicted octanol–water partition coefficient (Wildman–Crippen LogP) is 3.10. The zero-order chi connectivity index (χ0) is 24.6. The summed E-state index contributed by atoms with van der Waals surface area (Å²) in [6, 6.07) is 8.74. The number of nitrogens with zero attached hydrogens (tertiary/aromatic N) is 4. The van der Waals surface area contributed by atoms with Crippen LogP contribution in [0.25, 0.3) is 11.0 Å². The summed E-state index contributed by atoms with van der Waals surface area (Å²) in [5.74, 6) is -1.52. The lowest BCUT2D eigenvalue weighted by Gasteiger charge is -2.30. The van der Waals surface area contributed by atoms with Crippen molar-refractivity contribution in [2.75, 3.05) is 13.1 Å². The topological polar surface area (TPSA) is 114 Å². The molecule has 0 radical (unpaired) electrons. The van der Waals surface area contributed by atoms with Gasteiger partial charge in [-0.1, -0.05) is 35.0 Å². The maximum absolute atomic E-state index is 13.2. The zero-order valence-corrected chi connectivity index (χ0v) is 20.9. The minimum absolute atomic E-state index is 0.0492. The number of fused-ring (bicyclic) bond motifs is 1. The number of rotatable bonds is 6. The van der Waals surface area contributed by atoms with E-state index in [-0.39, 0.29) is 22.6 Å². The SMILES string of the molecule is O=C1C=CC=CC1C(=O)NCc1ccc(S(=O)(=O)N2CCC(n3nnc4cc(Cl)ccc43)CC2)s1. The van der Waals surface area contributed by atoms with Gasteiger partial charge in [-0.05, 0) is 49.2 Å². The first-order valence-corrected chi connectivity index (χ1v) is 13.7. The monoisotopic (exact) mass is 531 g/mol. The van der Waals surface area contributed by atoms with Gasteiger partial charge in [-0.2, -0.15) is 4.31 Å². The van der Waals surface area contributed by atoms with Crippen molar-refractivity contribution in [2.24, 2.45) is 5.92 Å². The number of nitrogens with one attached hydrogen (secondary N) is 1. The molecule has 3 aromatic rings. The highest BCUT2D eigenvalue weighted by molar-refractivity contribution is 7.91. The van der Waals surface area contributed by atoms with Crippen molar-refractivity contribution in [2.45, 2.75) is 29.6 Å². The number of hydrogen-bond donors (Lipinski definition) is 1. The third-order valence-electron chi connectivity index (χ3n) is 6.13. The van der Waals surface area contributed by atoms with Crippen molar-refractivity contribution < 1.29 is 18.0 Å². The molecule has 3 heterocycles. The molecule has 9 nitrogen and oxygen atoms in total. The highest BCUT2D eigenvalue weighted by atomic mass is 35.5. The number of hydrogen-bond acceptors (Lipinski definition) is 7. The maximum Gasteiger partial charge on any atom is 0.252 e. The third kappa shape index (κ3) is 4.81. The van der Waals surface area contributed by atoms with Crippen LogP contribution >= 0.6 is 22.9 Å². The van der Waals surface area contributed by atoms with Crippen molar-refractivity contribution in [1.82, 2.24) is 24.6 Å². The van der Waals surface area contributed by atoms with Crippen LogP contribution in [0.1, 0.15) is 23.8 Å². The second kappa shape index (κ2) is 9.65. The lowest BCUT2D eigenvalue weighted by Crippen LogP contribution is -2.38. The Bertz CT molecular complexity index is 1450. The van der Waals surface area contributed by atoms with Crippen LogP contribution in [0, 0.1) is 5.92 Å². The molecule has 0 saturated carbocycles. The van der Waals surface area contributed by atoms with E-state index < -0.39 is 21.8 Å². The summed E-state index contributed by atoms with van der Waals surface area (Å²) in [5.41, 5.74) is 1.59. The number of ketones is 1. The number of sulfonamides is 1. The summed E-state index contributed by atoms with van der Waals surface area (Å²) >= 11 is 7.15. The van der Waals surface area contributed by atoms with Crippen molar-refractivity contribution in [3.63, 3.8) is 0 Å². The molecule has 1 N–H and O–H groups in total. The molecule has 2 aliphatic rings. The van der Waals surface area contributed by atoms with Gasteiger partial charge < -0.3 is 5.32 Å². The van der Waals surface area contributed by atoms with Crippen LogP contribution in [0.5, 0.6) is 0 Å². The van der Waals surface area contributed by atoms with Crippen LogP contribution < -0.4 is 5.32 Å². The van der Waals surface area contributed by atoms with Gasteiger partial charge in [0, 0.05) is 23.0 Å². The number of aromatic nitrogens is 3. The Hall–Kier alpha value is -2.86. The van der Waals surface area contributed by atoms with E-state index in [0.29, 0.717) is 41.3 Å². The first-order chi connectivity index (χ1) is 16.8. The molecule has 0 bridgehead atoms.